The maximum Gasteiger partial charge on any atom is 0.337 e. The Kier molecular flexibility index (Phi) is 3.02. The molecular weight excluding hydrogens is 190 g/mol. The third kappa shape index (κ3) is 2.18. The second-order valence-electron chi connectivity index (χ2n) is 3.76. The zero-order valence-corrected chi connectivity index (χ0v) is 8.88. The van der Waals surface area contributed by atoms with Crippen LogP contribution >= 0.6 is 0 Å². The van der Waals surface area contributed by atoms with Crippen LogP contribution in [0.4, 0.5) is 0 Å². The van der Waals surface area contributed by atoms with Crippen LogP contribution in [0.1, 0.15) is 27.9 Å². The lowest BCUT2D eigenvalue weighted by molar-refractivity contribution is 0.0600. The average Bonchev–Trinajstić information content (AvgIpc) is 2.51. The lowest BCUT2D eigenvalue weighted by Crippen LogP contribution is -2.12. The van der Waals surface area contributed by atoms with Crippen LogP contribution in [-0.2, 0) is 17.7 Å². The van der Waals surface area contributed by atoms with Crippen molar-refractivity contribution in [2.24, 2.45) is 0 Å². The number of fused-ring (bicyclic) bond motifs is 1. The van der Waals surface area contributed by atoms with Crippen molar-refractivity contribution in [3.8, 4) is 0 Å². The molecule has 0 aliphatic carbocycles. The van der Waals surface area contributed by atoms with Crippen LogP contribution < -0.4 is 5.32 Å². The van der Waals surface area contributed by atoms with Gasteiger partial charge in [0.05, 0.1) is 12.7 Å². The fourth-order valence-electron chi connectivity index (χ4n) is 1.91. The summed E-state index contributed by atoms with van der Waals surface area (Å²) in [6, 6.07) is 5.81. The van der Waals surface area contributed by atoms with Crippen molar-refractivity contribution in [3.63, 3.8) is 0 Å². The predicted molar refractivity (Wildman–Crippen MR) is 57.8 cm³/mol. The largest absolute Gasteiger partial charge is 0.465 e. The first-order chi connectivity index (χ1) is 7.31. The molecule has 1 aliphatic rings. The molecule has 15 heavy (non-hydrogen) atoms. The molecule has 0 saturated heterocycles. The normalized spacial score (nSPS) is 15.3. The summed E-state index contributed by atoms with van der Waals surface area (Å²) in [5.74, 6) is -0.262. The number of nitrogens with one attached hydrogen (secondary N) is 1. The number of rotatable bonds is 1. The molecule has 1 aromatic carbocycles. The zero-order chi connectivity index (χ0) is 10.7. The highest BCUT2D eigenvalue weighted by atomic mass is 16.5. The molecule has 2 rings (SSSR count). The predicted octanol–water partition coefficient (Wildman–Crippen LogP) is 1.51. The van der Waals surface area contributed by atoms with Gasteiger partial charge in [0, 0.05) is 6.54 Å². The molecule has 0 radical (unpaired) electrons. The first-order valence-corrected chi connectivity index (χ1v) is 5.22. The molecule has 0 saturated carbocycles. The van der Waals surface area contributed by atoms with E-state index in [9.17, 15) is 4.79 Å². The third-order valence-corrected chi connectivity index (χ3v) is 2.74. The molecule has 1 N–H and O–H groups in total. The van der Waals surface area contributed by atoms with Crippen molar-refractivity contribution < 1.29 is 9.53 Å². The lowest BCUT2D eigenvalue weighted by atomic mass is 10.0. The van der Waals surface area contributed by atoms with Gasteiger partial charge < -0.3 is 10.1 Å². The molecule has 3 heteroatoms. The van der Waals surface area contributed by atoms with Gasteiger partial charge in [0.25, 0.3) is 0 Å². The Balaban J connectivity index is 2.31. The molecule has 1 aromatic rings. The molecule has 0 amide bonds. The van der Waals surface area contributed by atoms with E-state index in [1.807, 2.05) is 18.2 Å². The van der Waals surface area contributed by atoms with E-state index in [0.29, 0.717) is 5.56 Å². The second kappa shape index (κ2) is 4.45. The number of benzene rings is 1. The molecule has 0 bridgehead atoms. The van der Waals surface area contributed by atoms with Gasteiger partial charge in [0.2, 0.25) is 0 Å². The van der Waals surface area contributed by atoms with Gasteiger partial charge in [-0.2, -0.15) is 0 Å². The van der Waals surface area contributed by atoms with Gasteiger partial charge in [0.15, 0.2) is 0 Å². The van der Waals surface area contributed by atoms with E-state index in [0.717, 1.165) is 25.9 Å². The molecular formula is C12H15NO2. The SMILES string of the molecule is COC(=O)c1ccc2c(c1)CNCCC2. The highest BCUT2D eigenvalue weighted by Crippen LogP contribution is 2.16. The number of carbonyl (C=O) groups is 1. The van der Waals surface area contributed by atoms with Crippen LogP contribution in [-0.4, -0.2) is 19.6 Å². The summed E-state index contributed by atoms with van der Waals surface area (Å²) in [7, 11) is 1.41. The van der Waals surface area contributed by atoms with E-state index < -0.39 is 0 Å². The third-order valence-electron chi connectivity index (χ3n) is 2.74. The van der Waals surface area contributed by atoms with Crippen molar-refractivity contribution >= 4 is 5.97 Å². The molecule has 0 unspecified atom stereocenters. The van der Waals surface area contributed by atoms with E-state index in [-0.39, 0.29) is 5.97 Å². The Labute approximate surface area is 89.4 Å². The van der Waals surface area contributed by atoms with Gasteiger partial charge in [-0.05, 0) is 42.6 Å². The molecule has 0 fully saturated rings. The monoisotopic (exact) mass is 205 g/mol. The Morgan fingerprint density at radius 1 is 1.40 bits per heavy atom. The maximum absolute atomic E-state index is 11.3. The molecule has 80 valence electrons. The number of carbonyl (C=O) groups excluding carboxylic acids is 1. The number of esters is 1. The Hall–Kier alpha value is -1.35. The first kappa shape index (κ1) is 10.2. The Morgan fingerprint density at radius 3 is 3.07 bits per heavy atom. The van der Waals surface area contributed by atoms with Gasteiger partial charge in [-0.15, -0.1) is 0 Å². The van der Waals surface area contributed by atoms with Crippen molar-refractivity contribution in [2.75, 3.05) is 13.7 Å². The van der Waals surface area contributed by atoms with Crippen molar-refractivity contribution in [1.82, 2.24) is 5.32 Å². The molecule has 0 aromatic heterocycles. The standard InChI is InChI=1S/C12H15NO2/c1-15-12(14)10-5-4-9-3-2-6-13-8-11(9)7-10/h4-5,7,13H,2-3,6,8H2,1H3. The van der Waals surface area contributed by atoms with Crippen LogP contribution in [0.3, 0.4) is 0 Å². The van der Waals surface area contributed by atoms with Crippen molar-refractivity contribution in [1.29, 1.82) is 0 Å². The fraction of sp³-hybridized carbons (Fsp3) is 0.417. The summed E-state index contributed by atoms with van der Waals surface area (Å²) in [4.78, 5) is 11.3. The molecule has 1 heterocycles. The van der Waals surface area contributed by atoms with Crippen molar-refractivity contribution in [2.45, 2.75) is 19.4 Å². The maximum atomic E-state index is 11.3. The van der Waals surface area contributed by atoms with Crippen LogP contribution in [0, 0.1) is 0 Å². The minimum absolute atomic E-state index is 0.262. The second-order valence-corrected chi connectivity index (χ2v) is 3.76. The van der Waals surface area contributed by atoms with E-state index in [1.165, 1.54) is 18.2 Å². The van der Waals surface area contributed by atoms with E-state index in [1.54, 1.807) is 0 Å². The van der Waals surface area contributed by atoms with Crippen LogP contribution in [0.5, 0.6) is 0 Å². The smallest absolute Gasteiger partial charge is 0.337 e. The Bertz CT molecular complexity index is 374. The minimum Gasteiger partial charge on any atom is -0.465 e. The van der Waals surface area contributed by atoms with Crippen molar-refractivity contribution in [3.05, 3.63) is 34.9 Å². The van der Waals surface area contributed by atoms with Gasteiger partial charge in [-0.3, -0.25) is 0 Å². The lowest BCUT2D eigenvalue weighted by Gasteiger charge is -2.07. The van der Waals surface area contributed by atoms with E-state index in [2.05, 4.69) is 5.32 Å². The van der Waals surface area contributed by atoms with Crippen LogP contribution in [0.2, 0.25) is 0 Å². The number of ether oxygens (including phenoxy) is 1. The quantitative estimate of drug-likeness (QED) is 0.706. The summed E-state index contributed by atoms with van der Waals surface area (Å²) < 4.78 is 4.70. The first-order valence-electron chi connectivity index (χ1n) is 5.22. The van der Waals surface area contributed by atoms with Gasteiger partial charge >= 0.3 is 5.97 Å². The summed E-state index contributed by atoms with van der Waals surface area (Å²) in [6.07, 6.45) is 2.24. The molecule has 0 atom stereocenters. The van der Waals surface area contributed by atoms with Gasteiger partial charge in [0.1, 0.15) is 0 Å². The summed E-state index contributed by atoms with van der Waals surface area (Å²) in [5.41, 5.74) is 3.20. The summed E-state index contributed by atoms with van der Waals surface area (Å²) in [6.45, 7) is 1.89. The van der Waals surface area contributed by atoms with Gasteiger partial charge in [-0.1, -0.05) is 6.07 Å². The number of hydrogen-bond donors (Lipinski definition) is 1. The summed E-state index contributed by atoms with van der Waals surface area (Å²) in [5, 5.41) is 3.34. The van der Waals surface area contributed by atoms with Gasteiger partial charge in [-0.25, -0.2) is 4.79 Å². The topological polar surface area (TPSA) is 38.3 Å². The molecule has 1 aliphatic heterocycles. The molecule has 3 nitrogen and oxygen atoms in total. The number of hydrogen-bond acceptors (Lipinski definition) is 3. The minimum atomic E-state index is -0.262. The summed E-state index contributed by atoms with van der Waals surface area (Å²) >= 11 is 0. The molecule has 0 spiro atoms. The van der Waals surface area contributed by atoms with E-state index in [4.69, 9.17) is 4.74 Å². The van der Waals surface area contributed by atoms with E-state index >= 15 is 0 Å². The Morgan fingerprint density at radius 2 is 2.27 bits per heavy atom. The number of methoxy groups -OCH3 is 1. The fourth-order valence-corrected chi connectivity index (χ4v) is 1.91. The average molecular weight is 205 g/mol. The zero-order valence-electron chi connectivity index (χ0n) is 8.88. The van der Waals surface area contributed by atoms with Crippen LogP contribution in [0.25, 0.3) is 0 Å². The highest BCUT2D eigenvalue weighted by Gasteiger charge is 2.11. The number of aryl methyl sites for hydroxylation is 1. The highest BCUT2D eigenvalue weighted by molar-refractivity contribution is 5.89. The van der Waals surface area contributed by atoms with Crippen LogP contribution in [0.15, 0.2) is 18.2 Å².